The molecule has 1 rings (SSSR count). The van der Waals surface area contributed by atoms with Crippen LogP contribution in [0.2, 0.25) is 0 Å². The van der Waals surface area contributed by atoms with Crippen LogP contribution in [0.25, 0.3) is 0 Å². The number of anilines is 1. The number of methoxy groups -OCH3 is 1. The van der Waals surface area contributed by atoms with Crippen LogP contribution in [-0.2, 0) is 10.2 Å². The predicted octanol–water partition coefficient (Wildman–Crippen LogP) is 3.44. The van der Waals surface area contributed by atoms with Gasteiger partial charge in [-0.1, -0.05) is 34.6 Å². The molecule has 3 nitrogen and oxygen atoms in total. The summed E-state index contributed by atoms with van der Waals surface area (Å²) >= 11 is 1.43. The molecule has 4 heteroatoms. The minimum atomic E-state index is -0.358. The number of ether oxygens (including phenoxy) is 1. The molecular formula is C13H21NO2S. The van der Waals surface area contributed by atoms with Crippen molar-refractivity contribution in [2.75, 3.05) is 12.8 Å². The van der Waals surface area contributed by atoms with E-state index in [4.69, 9.17) is 10.5 Å². The van der Waals surface area contributed by atoms with Gasteiger partial charge < -0.3 is 10.5 Å². The fourth-order valence-electron chi connectivity index (χ4n) is 1.33. The van der Waals surface area contributed by atoms with E-state index in [0.717, 1.165) is 4.88 Å². The van der Waals surface area contributed by atoms with E-state index in [1.165, 1.54) is 18.4 Å². The molecular weight excluding hydrogens is 234 g/mol. The van der Waals surface area contributed by atoms with E-state index in [9.17, 15) is 4.79 Å². The summed E-state index contributed by atoms with van der Waals surface area (Å²) in [6.07, 6.45) is 0. The normalized spacial score (nSPS) is 12.6. The molecule has 17 heavy (non-hydrogen) atoms. The summed E-state index contributed by atoms with van der Waals surface area (Å²) in [6.45, 7) is 10.9. The van der Waals surface area contributed by atoms with Gasteiger partial charge in [0.15, 0.2) is 0 Å². The lowest BCUT2D eigenvalue weighted by atomic mass is 9.68. The maximum absolute atomic E-state index is 11.5. The van der Waals surface area contributed by atoms with Gasteiger partial charge in [0.25, 0.3) is 0 Å². The average Bonchev–Trinajstić information content (AvgIpc) is 2.58. The Hall–Kier alpha value is -1.03. The smallest absolute Gasteiger partial charge is 0.350 e. The first-order valence-corrected chi connectivity index (χ1v) is 6.41. The van der Waals surface area contributed by atoms with Crippen molar-refractivity contribution in [1.29, 1.82) is 0 Å². The molecule has 1 heterocycles. The summed E-state index contributed by atoms with van der Waals surface area (Å²) < 4.78 is 4.72. The van der Waals surface area contributed by atoms with Crippen LogP contribution in [0.5, 0.6) is 0 Å². The molecule has 0 atom stereocenters. The summed E-state index contributed by atoms with van der Waals surface area (Å²) in [7, 11) is 1.37. The van der Waals surface area contributed by atoms with Crippen molar-refractivity contribution in [2.24, 2.45) is 5.41 Å². The van der Waals surface area contributed by atoms with Crippen molar-refractivity contribution in [3.8, 4) is 0 Å². The Bertz CT molecular complexity index is 427. The predicted molar refractivity (Wildman–Crippen MR) is 72.6 cm³/mol. The van der Waals surface area contributed by atoms with Gasteiger partial charge in [-0.2, -0.15) is 0 Å². The third kappa shape index (κ3) is 2.46. The van der Waals surface area contributed by atoms with Gasteiger partial charge in [0, 0.05) is 10.3 Å². The van der Waals surface area contributed by atoms with Crippen LogP contribution in [-0.4, -0.2) is 13.1 Å². The number of carbonyl (C=O) groups excluding carboxylic acids is 1. The first kappa shape index (κ1) is 14.0. The van der Waals surface area contributed by atoms with E-state index in [2.05, 4.69) is 34.6 Å². The molecule has 2 N–H and O–H groups in total. The van der Waals surface area contributed by atoms with E-state index < -0.39 is 0 Å². The van der Waals surface area contributed by atoms with E-state index in [-0.39, 0.29) is 16.8 Å². The Morgan fingerprint density at radius 3 is 2.24 bits per heavy atom. The van der Waals surface area contributed by atoms with Crippen molar-refractivity contribution in [3.63, 3.8) is 0 Å². The molecule has 0 amide bonds. The third-order valence-corrected chi connectivity index (χ3v) is 5.08. The number of nitrogen functional groups attached to an aromatic ring is 1. The van der Waals surface area contributed by atoms with Gasteiger partial charge in [0.2, 0.25) is 0 Å². The molecule has 0 saturated carbocycles. The Kier molecular flexibility index (Phi) is 3.58. The highest BCUT2D eigenvalue weighted by Gasteiger charge is 2.36. The Morgan fingerprint density at radius 2 is 1.82 bits per heavy atom. The first-order chi connectivity index (χ1) is 7.61. The quantitative estimate of drug-likeness (QED) is 0.824. The number of esters is 1. The fourth-order valence-corrected chi connectivity index (χ4v) is 2.65. The summed E-state index contributed by atoms with van der Waals surface area (Å²) in [5, 5.41) is 0. The number of rotatable bonds is 2. The molecule has 96 valence electrons. The standard InChI is InChI=1S/C13H21NO2S/c1-12(2,3)13(4,5)9-7-8(14)10(17-9)11(15)16-6/h7H,14H2,1-6H3. The first-order valence-electron chi connectivity index (χ1n) is 5.59. The summed E-state index contributed by atoms with van der Waals surface area (Å²) in [6, 6.07) is 1.89. The van der Waals surface area contributed by atoms with Crippen molar-refractivity contribution in [1.82, 2.24) is 0 Å². The summed E-state index contributed by atoms with van der Waals surface area (Å²) in [4.78, 5) is 13.1. The molecule has 1 aromatic rings. The van der Waals surface area contributed by atoms with Gasteiger partial charge in [-0.25, -0.2) is 4.79 Å². The lowest BCUT2D eigenvalue weighted by Gasteiger charge is -2.38. The topological polar surface area (TPSA) is 52.3 Å². The second kappa shape index (κ2) is 4.33. The molecule has 0 aliphatic rings. The SMILES string of the molecule is COC(=O)c1sc(C(C)(C)C(C)(C)C)cc1N. The number of carbonyl (C=O) groups is 1. The zero-order chi connectivity index (χ0) is 13.4. The van der Waals surface area contributed by atoms with Crippen LogP contribution in [0.4, 0.5) is 5.69 Å². The Morgan fingerprint density at radius 1 is 1.29 bits per heavy atom. The molecule has 0 spiro atoms. The number of nitrogens with two attached hydrogens (primary N) is 1. The van der Waals surface area contributed by atoms with Crippen LogP contribution in [0, 0.1) is 5.41 Å². The molecule has 0 unspecified atom stereocenters. The maximum Gasteiger partial charge on any atom is 0.350 e. The van der Waals surface area contributed by atoms with E-state index >= 15 is 0 Å². The lowest BCUT2D eigenvalue weighted by molar-refractivity contribution is 0.0607. The molecule has 0 aliphatic carbocycles. The third-order valence-electron chi connectivity index (χ3n) is 3.62. The van der Waals surface area contributed by atoms with Crippen molar-refractivity contribution >= 4 is 23.0 Å². The number of hydrogen-bond acceptors (Lipinski definition) is 4. The molecule has 1 aromatic heterocycles. The highest BCUT2D eigenvalue weighted by Crippen LogP contribution is 2.45. The van der Waals surface area contributed by atoms with Crippen molar-refractivity contribution < 1.29 is 9.53 Å². The van der Waals surface area contributed by atoms with Crippen LogP contribution < -0.4 is 5.73 Å². The second-order valence-electron chi connectivity index (χ2n) is 5.76. The van der Waals surface area contributed by atoms with E-state index in [1.54, 1.807) is 0 Å². The monoisotopic (exact) mass is 255 g/mol. The maximum atomic E-state index is 11.5. The molecule has 0 fully saturated rings. The molecule has 0 saturated heterocycles. The molecule has 0 aliphatic heterocycles. The number of hydrogen-bond donors (Lipinski definition) is 1. The minimum Gasteiger partial charge on any atom is -0.465 e. The van der Waals surface area contributed by atoms with E-state index in [1.807, 2.05) is 6.07 Å². The summed E-state index contributed by atoms with van der Waals surface area (Å²) in [5.41, 5.74) is 6.43. The van der Waals surface area contributed by atoms with E-state index in [0.29, 0.717) is 10.6 Å². The highest BCUT2D eigenvalue weighted by atomic mass is 32.1. The molecule has 0 aromatic carbocycles. The molecule has 0 radical (unpaired) electrons. The van der Waals surface area contributed by atoms with Gasteiger partial charge in [-0.3, -0.25) is 0 Å². The fraction of sp³-hybridized carbons (Fsp3) is 0.615. The van der Waals surface area contributed by atoms with Crippen molar-refractivity contribution in [3.05, 3.63) is 15.8 Å². The average molecular weight is 255 g/mol. The van der Waals surface area contributed by atoms with Gasteiger partial charge >= 0.3 is 5.97 Å². The van der Waals surface area contributed by atoms with Crippen LogP contribution >= 0.6 is 11.3 Å². The highest BCUT2D eigenvalue weighted by molar-refractivity contribution is 7.14. The Labute approximate surface area is 107 Å². The van der Waals surface area contributed by atoms with Crippen LogP contribution in [0.15, 0.2) is 6.07 Å². The molecule has 0 bridgehead atoms. The van der Waals surface area contributed by atoms with Gasteiger partial charge in [0.1, 0.15) is 4.88 Å². The van der Waals surface area contributed by atoms with Crippen LogP contribution in [0.3, 0.4) is 0 Å². The minimum absolute atomic E-state index is 0.0436. The largest absolute Gasteiger partial charge is 0.465 e. The second-order valence-corrected chi connectivity index (χ2v) is 6.81. The van der Waals surface area contributed by atoms with Gasteiger partial charge in [-0.05, 0) is 11.5 Å². The summed E-state index contributed by atoms with van der Waals surface area (Å²) in [5.74, 6) is -0.358. The number of thiophene rings is 1. The van der Waals surface area contributed by atoms with Gasteiger partial charge in [-0.15, -0.1) is 11.3 Å². The zero-order valence-electron chi connectivity index (χ0n) is 11.4. The lowest BCUT2D eigenvalue weighted by Crippen LogP contribution is -2.33. The van der Waals surface area contributed by atoms with Gasteiger partial charge in [0.05, 0.1) is 12.8 Å². The van der Waals surface area contributed by atoms with Crippen LogP contribution in [0.1, 0.15) is 49.2 Å². The van der Waals surface area contributed by atoms with Crippen molar-refractivity contribution in [2.45, 2.75) is 40.0 Å². The zero-order valence-corrected chi connectivity index (χ0v) is 12.2. The Balaban J connectivity index is 3.23.